The van der Waals surface area contributed by atoms with Crippen LogP contribution in [0.25, 0.3) is 0 Å². The van der Waals surface area contributed by atoms with Gasteiger partial charge in [-0.1, -0.05) is 36.4 Å². The summed E-state index contributed by atoms with van der Waals surface area (Å²) in [7, 11) is -3.92. The van der Waals surface area contributed by atoms with Crippen LogP contribution in [-0.2, 0) is 37.4 Å². The maximum absolute atomic E-state index is 13.3. The smallest absolute Gasteiger partial charge is 0.257 e. The van der Waals surface area contributed by atoms with Crippen LogP contribution in [0.2, 0.25) is 0 Å². The molecule has 2 N–H and O–H groups in total. The summed E-state index contributed by atoms with van der Waals surface area (Å²) in [6.07, 6.45) is 3.10. The van der Waals surface area contributed by atoms with Gasteiger partial charge in [-0.2, -0.15) is 0 Å². The monoisotopic (exact) mass is 478 g/mol. The third-order valence-electron chi connectivity index (χ3n) is 5.52. The molecule has 0 spiro atoms. The van der Waals surface area contributed by atoms with Crippen LogP contribution in [0.3, 0.4) is 0 Å². The lowest BCUT2D eigenvalue weighted by atomic mass is 10.1. The molecule has 0 saturated carbocycles. The van der Waals surface area contributed by atoms with Crippen LogP contribution in [0.15, 0.2) is 84.0 Å². The Morgan fingerprint density at radius 2 is 1.68 bits per heavy atom. The Bertz CT molecular complexity index is 1310. The zero-order valence-corrected chi connectivity index (χ0v) is 18.9. The SMILES string of the molecule is NS(=O)(=O)c1ccc(N2C(=O)CC(N(Cc3cccnc3)C(=O)Cc3ccccc3)C2=O)cc1. The first-order chi connectivity index (χ1) is 16.2. The van der Waals surface area contributed by atoms with Crippen molar-refractivity contribution in [2.24, 2.45) is 5.14 Å². The predicted molar refractivity (Wildman–Crippen MR) is 124 cm³/mol. The summed E-state index contributed by atoms with van der Waals surface area (Å²) in [5, 5.41) is 5.12. The van der Waals surface area contributed by atoms with E-state index in [0.717, 1.165) is 16.0 Å². The molecule has 34 heavy (non-hydrogen) atoms. The van der Waals surface area contributed by atoms with Crippen LogP contribution >= 0.6 is 0 Å². The standard InChI is InChI=1S/C24H22N4O5S/c25-34(32,33)20-10-8-19(9-11-20)28-23(30)14-21(24(28)31)27(16-18-7-4-12-26-15-18)22(29)13-17-5-2-1-3-6-17/h1-12,15,21H,13-14,16H2,(H2,25,32,33). The molecule has 2 aromatic carbocycles. The number of sulfonamides is 1. The molecule has 3 amide bonds. The molecule has 1 aliphatic heterocycles. The average Bonchev–Trinajstić information content (AvgIpc) is 3.11. The first kappa shape index (κ1) is 23.3. The van der Waals surface area contributed by atoms with E-state index in [4.69, 9.17) is 5.14 Å². The Balaban J connectivity index is 1.62. The maximum Gasteiger partial charge on any atom is 0.257 e. The highest BCUT2D eigenvalue weighted by Gasteiger charge is 2.44. The average molecular weight is 479 g/mol. The van der Waals surface area contributed by atoms with E-state index in [9.17, 15) is 22.8 Å². The summed E-state index contributed by atoms with van der Waals surface area (Å²) >= 11 is 0. The van der Waals surface area contributed by atoms with E-state index in [-0.39, 0.29) is 35.9 Å². The quantitative estimate of drug-likeness (QED) is 0.514. The van der Waals surface area contributed by atoms with Gasteiger partial charge in [0.15, 0.2) is 0 Å². The summed E-state index contributed by atoms with van der Waals surface area (Å²) in [4.78, 5) is 45.8. The van der Waals surface area contributed by atoms with Gasteiger partial charge in [0.25, 0.3) is 5.91 Å². The van der Waals surface area contributed by atoms with E-state index >= 15 is 0 Å². The molecule has 1 unspecified atom stereocenters. The number of carbonyl (C=O) groups is 3. The molecule has 1 aliphatic rings. The molecule has 1 aromatic heterocycles. The maximum atomic E-state index is 13.3. The van der Waals surface area contributed by atoms with E-state index < -0.39 is 27.9 Å². The van der Waals surface area contributed by atoms with Crippen molar-refractivity contribution >= 4 is 33.4 Å². The van der Waals surface area contributed by atoms with E-state index in [1.54, 1.807) is 24.5 Å². The number of nitrogens with zero attached hydrogens (tertiary/aromatic N) is 3. The highest BCUT2D eigenvalue weighted by atomic mass is 32.2. The van der Waals surface area contributed by atoms with Gasteiger partial charge in [-0.15, -0.1) is 0 Å². The van der Waals surface area contributed by atoms with Crippen molar-refractivity contribution < 1.29 is 22.8 Å². The molecule has 10 heteroatoms. The summed E-state index contributed by atoms with van der Waals surface area (Å²) in [5.41, 5.74) is 1.72. The van der Waals surface area contributed by atoms with Gasteiger partial charge in [-0.3, -0.25) is 19.4 Å². The molecule has 4 rings (SSSR count). The molecule has 3 aromatic rings. The minimum atomic E-state index is -3.92. The van der Waals surface area contributed by atoms with Crippen LogP contribution in [-0.4, -0.2) is 42.1 Å². The van der Waals surface area contributed by atoms with Crippen molar-refractivity contribution in [2.75, 3.05) is 4.90 Å². The lowest BCUT2D eigenvalue weighted by molar-refractivity contribution is -0.138. The van der Waals surface area contributed by atoms with Crippen molar-refractivity contribution in [1.29, 1.82) is 0 Å². The Morgan fingerprint density at radius 3 is 2.29 bits per heavy atom. The molecule has 1 saturated heterocycles. The van der Waals surface area contributed by atoms with Crippen molar-refractivity contribution in [1.82, 2.24) is 9.88 Å². The number of nitrogens with two attached hydrogens (primary N) is 1. The number of carbonyl (C=O) groups excluding carboxylic acids is 3. The summed E-state index contributed by atoms with van der Waals surface area (Å²) < 4.78 is 23.0. The Labute approximate surface area is 196 Å². The van der Waals surface area contributed by atoms with Gasteiger partial charge < -0.3 is 4.90 Å². The number of rotatable bonds is 7. The fourth-order valence-electron chi connectivity index (χ4n) is 3.85. The minimum absolute atomic E-state index is 0.0716. The number of aromatic nitrogens is 1. The van der Waals surface area contributed by atoms with Crippen LogP contribution in [0.1, 0.15) is 17.5 Å². The number of hydrogen-bond acceptors (Lipinski definition) is 6. The Morgan fingerprint density at radius 1 is 1.00 bits per heavy atom. The second kappa shape index (κ2) is 9.54. The molecule has 1 atom stereocenters. The molecule has 0 aliphatic carbocycles. The van der Waals surface area contributed by atoms with Gasteiger partial charge in [0.2, 0.25) is 21.8 Å². The van der Waals surface area contributed by atoms with Crippen molar-refractivity contribution in [3.63, 3.8) is 0 Å². The van der Waals surface area contributed by atoms with Crippen LogP contribution in [0.5, 0.6) is 0 Å². The molecule has 0 bridgehead atoms. The molecular weight excluding hydrogens is 456 g/mol. The zero-order chi connectivity index (χ0) is 24.3. The number of anilines is 1. The number of benzene rings is 2. The van der Waals surface area contributed by atoms with Gasteiger partial charge in [0.05, 0.1) is 23.4 Å². The minimum Gasteiger partial charge on any atom is -0.325 e. The zero-order valence-electron chi connectivity index (χ0n) is 18.1. The molecule has 2 heterocycles. The van der Waals surface area contributed by atoms with E-state index in [0.29, 0.717) is 0 Å². The van der Waals surface area contributed by atoms with Crippen LogP contribution in [0, 0.1) is 0 Å². The van der Waals surface area contributed by atoms with Crippen molar-refractivity contribution in [3.05, 3.63) is 90.3 Å². The second-order valence-electron chi connectivity index (χ2n) is 7.87. The molecular formula is C24H22N4O5S. The molecule has 1 fully saturated rings. The summed E-state index contributed by atoms with van der Waals surface area (Å²) in [6.45, 7) is 0.112. The first-order valence-corrected chi connectivity index (χ1v) is 12.0. The number of hydrogen-bond donors (Lipinski definition) is 1. The summed E-state index contributed by atoms with van der Waals surface area (Å²) in [6, 6.07) is 16.8. The van der Waals surface area contributed by atoms with Crippen molar-refractivity contribution in [2.45, 2.75) is 30.3 Å². The highest BCUT2D eigenvalue weighted by molar-refractivity contribution is 7.89. The normalized spacial score (nSPS) is 16.0. The number of imide groups is 1. The largest absolute Gasteiger partial charge is 0.325 e. The van der Waals surface area contributed by atoms with E-state index in [2.05, 4.69) is 4.98 Å². The Hall–Kier alpha value is -3.89. The number of pyridine rings is 1. The number of primary sulfonamides is 1. The van der Waals surface area contributed by atoms with Gasteiger partial charge in [0.1, 0.15) is 6.04 Å². The topological polar surface area (TPSA) is 131 Å². The van der Waals surface area contributed by atoms with Crippen molar-refractivity contribution in [3.8, 4) is 0 Å². The van der Waals surface area contributed by atoms with Gasteiger partial charge in [-0.05, 0) is 41.5 Å². The van der Waals surface area contributed by atoms with Gasteiger partial charge >= 0.3 is 0 Å². The third-order valence-corrected chi connectivity index (χ3v) is 6.45. The summed E-state index contributed by atoms with van der Waals surface area (Å²) in [5.74, 6) is -1.34. The second-order valence-corrected chi connectivity index (χ2v) is 9.43. The third kappa shape index (κ3) is 5.03. The van der Waals surface area contributed by atoms with Gasteiger partial charge in [-0.25, -0.2) is 18.5 Å². The first-order valence-electron chi connectivity index (χ1n) is 10.5. The fourth-order valence-corrected chi connectivity index (χ4v) is 4.36. The lowest BCUT2D eigenvalue weighted by Crippen LogP contribution is -2.45. The van der Waals surface area contributed by atoms with E-state index in [1.165, 1.54) is 29.2 Å². The Kier molecular flexibility index (Phi) is 6.53. The molecule has 9 nitrogen and oxygen atoms in total. The highest BCUT2D eigenvalue weighted by Crippen LogP contribution is 2.28. The molecule has 0 radical (unpaired) electrons. The van der Waals surface area contributed by atoms with E-state index in [1.807, 2.05) is 30.3 Å². The number of amides is 3. The lowest BCUT2D eigenvalue weighted by Gasteiger charge is -2.28. The predicted octanol–water partition coefficient (Wildman–Crippen LogP) is 1.63. The fraction of sp³-hybridized carbons (Fsp3) is 0.167. The van der Waals surface area contributed by atoms with Gasteiger partial charge in [0, 0.05) is 18.9 Å². The van der Waals surface area contributed by atoms with Crippen LogP contribution in [0.4, 0.5) is 5.69 Å². The van der Waals surface area contributed by atoms with Crippen LogP contribution < -0.4 is 10.0 Å². The molecule has 174 valence electrons.